The Morgan fingerprint density at radius 3 is 2.77 bits per heavy atom. The summed E-state index contributed by atoms with van der Waals surface area (Å²) in [7, 11) is 3.88. The number of rotatable bonds is 5. The number of nitrogens with zero attached hydrogens (tertiary/aromatic N) is 5. The van der Waals surface area contributed by atoms with Crippen LogP contribution in [0.4, 0.5) is 0 Å². The highest BCUT2D eigenvalue weighted by molar-refractivity contribution is 5.78. The molecule has 7 heteroatoms. The van der Waals surface area contributed by atoms with Gasteiger partial charge in [0.05, 0.1) is 13.1 Å². The number of hydrogen-bond donors (Lipinski definition) is 1. The van der Waals surface area contributed by atoms with Gasteiger partial charge in [-0.05, 0) is 40.2 Å². The molecule has 1 fully saturated rings. The minimum atomic E-state index is 0.0240. The minimum Gasteiger partial charge on any atom is -0.337 e. The predicted molar refractivity (Wildman–Crippen MR) is 85.1 cm³/mol. The number of aryl methyl sites for hydroxylation is 1. The average molecular weight is 308 g/mol. The van der Waals surface area contributed by atoms with Gasteiger partial charge in [0.15, 0.2) is 0 Å². The molecule has 0 bridgehead atoms. The van der Waals surface area contributed by atoms with Crippen LogP contribution < -0.4 is 5.73 Å². The number of likely N-dealkylation sites (N-methyl/N-ethyl adjacent to an activating group) is 1. The van der Waals surface area contributed by atoms with Crippen molar-refractivity contribution in [1.82, 2.24) is 24.6 Å². The van der Waals surface area contributed by atoms with Gasteiger partial charge in [-0.3, -0.25) is 9.69 Å². The minimum absolute atomic E-state index is 0.0240. The van der Waals surface area contributed by atoms with Crippen LogP contribution in [0, 0.1) is 6.92 Å². The molecular weight excluding hydrogens is 280 g/mol. The normalized spacial score (nSPS) is 20.5. The fourth-order valence-corrected chi connectivity index (χ4v) is 3.02. The Morgan fingerprint density at radius 1 is 1.45 bits per heavy atom. The number of nitrogens with two attached hydrogens (primary N) is 1. The van der Waals surface area contributed by atoms with Crippen LogP contribution >= 0.6 is 0 Å². The van der Waals surface area contributed by atoms with E-state index in [1.54, 1.807) is 0 Å². The highest BCUT2D eigenvalue weighted by atomic mass is 16.2. The smallest absolute Gasteiger partial charge is 0.237 e. The third kappa shape index (κ3) is 3.84. The van der Waals surface area contributed by atoms with Gasteiger partial charge in [0.1, 0.15) is 11.6 Å². The molecule has 1 saturated heterocycles. The molecule has 0 saturated carbocycles. The number of carbonyl (C=O) groups is 1. The van der Waals surface area contributed by atoms with Crippen molar-refractivity contribution >= 4 is 5.91 Å². The van der Waals surface area contributed by atoms with E-state index in [0.29, 0.717) is 13.1 Å². The average Bonchev–Trinajstić information content (AvgIpc) is 2.79. The molecule has 0 aliphatic carbocycles. The third-order valence-corrected chi connectivity index (χ3v) is 4.48. The summed E-state index contributed by atoms with van der Waals surface area (Å²) in [5, 5.41) is 8.19. The van der Waals surface area contributed by atoms with Crippen LogP contribution in [0.15, 0.2) is 0 Å². The first-order valence-corrected chi connectivity index (χ1v) is 7.98. The monoisotopic (exact) mass is 308 g/mol. The van der Waals surface area contributed by atoms with Crippen LogP contribution in [0.5, 0.6) is 0 Å². The second kappa shape index (κ2) is 7.19. The fourth-order valence-electron chi connectivity index (χ4n) is 3.02. The van der Waals surface area contributed by atoms with E-state index in [2.05, 4.69) is 10.2 Å². The van der Waals surface area contributed by atoms with Gasteiger partial charge in [-0.25, -0.2) is 0 Å². The summed E-state index contributed by atoms with van der Waals surface area (Å²) in [5.41, 5.74) is 6.04. The molecule has 1 aromatic rings. The van der Waals surface area contributed by atoms with Crippen molar-refractivity contribution < 1.29 is 4.79 Å². The second-order valence-electron chi connectivity index (χ2n) is 6.40. The van der Waals surface area contributed by atoms with Crippen LogP contribution in [0.1, 0.15) is 37.8 Å². The summed E-state index contributed by atoms with van der Waals surface area (Å²) in [6, 6.07) is 0.197. The Morgan fingerprint density at radius 2 is 2.18 bits per heavy atom. The van der Waals surface area contributed by atoms with Crippen LogP contribution in [0.3, 0.4) is 0 Å². The van der Waals surface area contributed by atoms with Gasteiger partial charge in [-0.15, -0.1) is 10.2 Å². The maximum atomic E-state index is 12.6. The summed E-state index contributed by atoms with van der Waals surface area (Å²) >= 11 is 0. The zero-order valence-corrected chi connectivity index (χ0v) is 14.1. The molecule has 0 aromatic carbocycles. The molecule has 2 heterocycles. The Bertz CT molecular complexity index is 512. The summed E-state index contributed by atoms with van der Waals surface area (Å²) < 4.78 is 1.95. The lowest BCUT2D eigenvalue weighted by atomic mass is 9.97. The maximum Gasteiger partial charge on any atom is 0.237 e. The van der Waals surface area contributed by atoms with Gasteiger partial charge in [0.25, 0.3) is 0 Å². The lowest BCUT2D eigenvalue weighted by Crippen LogP contribution is -2.53. The Hall–Kier alpha value is -1.47. The standard InChI is InChI=1S/C15H28N6O/c1-11(16)13-7-5-6-8-21(13)15(22)10-19(3)9-14-18-17-12(2)20(14)4/h11,13H,5-10,16H2,1-4H3/t11-,13-/m1/s1. The SMILES string of the molecule is Cc1nnc(CN(C)CC(=O)N2CCCC[C@@H]2[C@@H](C)N)n1C. The van der Waals surface area contributed by atoms with Gasteiger partial charge >= 0.3 is 0 Å². The highest BCUT2D eigenvalue weighted by Crippen LogP contribution is 2.19. The maximum absolute atomic E-state index is 12.6. The van der Waals surface area contributed by atoms with Crippen molar-refractivity contribution in [3.05, 3.63) is 11.6 Å². The van der Waals surface area contributed by atoms with Gasteiger partial charge in [-0.1, -0.05) is 0 Å². The largest absolute Gasteiger partial charge is 0.337 e. The quantitative estimate of drug-likeness (QED) is 0.845. The van der Waals surface area contributed by atoms with E-state index in [9.17, 15) is 4.79 Å². The van der Waals surface area contributed by atoms with Crippen molar-refractivity contribution in [3.8, 4) is 0 Å². The zero-order chi connectivity index (χ0) is 16.3. The van der Waals surface area contributed by atoms with E-state index in [-0.39, 0.29) is 18.0 Å². The van der Waals surface area contributed by atoms with Crippen LogP contribution in [-0.4, -0.2) is 62.7 Å². The molecule has 2 atom stereocenters. The summed E-state index contributed by atoms with van der Waals surface area (Å²) in [5.74, 6) is 1.90. The van der Waals surface area contributed by atoms with Gasteiger partial charge < -0.3 is 15.2 Å². The predicted octanol–water partition coefficient (Wildman–Crippen LogP) is 0.284. The molecule has 7 nitrogen and oxygen atoms in total. The van der Waals surface area contributed by atoms with Crippen molar-refractivity contribution in [2.75, 3.05) is 20.1 Å². The Kier molecular flexibility index (Phi) is 5.52. The van der Waals surface area contributed by atoms with Crippen LogP contribution in [0.2, 0.25) is 0 Å². The van der Waals surface area contributed by atoms with Gasteiger partial charge in [-0.2, -0.15) is 0 Å². The first-order valence-electron chi connectivity index (χ1n) is 7.98. The molecule has 2 N–H and O–H groups in total. The van der Waals surface area contributed by atoms with E-state index in [0.717, 1.165) is 37.5 Å². The fraction of sp³-hybridized carbons (Fsp3) is 0.800. The third-order valence-electron chi connectivity index (χ3n) is 4.48. The zero-order valence-electron chi connectivity index (χ0n) is 14.1. The number of hydrogen-bond acceptors (Lipinski definition) is 5. The van der Waals surface area contributed by atoms with Crippen molar-refractivity contribution in [1.29, 1.82) is 0 Å². The molecule has 1 amide bonds. The van der Waals surface area contributed by atoms with E-state index in [1.807, 2.05) is 42.3 Å². The summed E-state index contributed by atoms with van der Waals surface area (Å²) in [6.07, 6.45) is 3.24. The molecule has 1 aromatic heterocycles. The molecule has 2 rings (SSSR count). The Balaban J connectivity index is 1.94. The van der Waals surface area contributed by atoms with Gasteiger partial charge in [0.2, 0.25) is 5.91 Å². The molecule has 0 spiro atoms. The molecule has 22 heavy (non-hydrogen) atoms. The Labute approximate surface area is 132 Å². The molecule has 124 valence electrons. The lowest BCUT2D eigenvalue weighted by Gasteiger charge is -2.38. The van der Waals surface area contributed by atoms with E-state index < -0.39 is 0 Å². The molecule has 1 aliphatic heterocycles. The number of likely N-dealkylation sites (tertiary alicyclic amines) is 1. The highest BCUT2D eigenvalue weighted by Gasteiger charge is 2.29. The number of piperidine rings is 1. The number of aromatic nitrogens is 3. The molecular formula is C15H28N6O. The van der Waals surface area contributed by atoms with Crippen molar-refractivity contribution in [2.24, 2.45) is 12.8 Å². The van der Waals surface area contributed by atoms with Crippen LogP contribution in [-0.2, 0) is 18.4 Å². The van der Waals surface area contributed by atoms with Gasteiger partial charge in [0, 0.05) is 25.7 Å². The first-order chi connectivity index (χ1) is 10.4. The molecule has 0 radical (unpaired) electrons. The van der Waals surface area contributed by atoms with E-state index in [4.69, 9.17) is 5.73 Å². The lowest BCUT2D eigenvalue weighted by molar-refractivity contribution is -0.136. The number of amides is 1. The second-order valence-corrected chi connectivity index (χ2v) is 6.40. The topological polar surface area (TPSA) is 80.3 Å². The van der Waals surface area contributed by atoms with Crippen molar-refractivity contribution in [3.63, 3.8) is 0 Å². The summed E-state index contributed by atoms with van der Waals surface area (Å²) in [6.45, 7) is 5.72. The van der Waals surface area contributed by atoms with Crippen LogP contribution in [0.25, 0.3) is 0 Å². The molecule has 0 unspecified atom stereocenters. The van der Waals surface area contributed by atoms with Crippen molar-refractivity contribution in [2.45, 2.75) is 51.7 Å². The summed E-state index contributed by atoms with van der Waals surface area (Å²) in [4.78, 5) is 16.5. The number of carbonyl (C=O) groups excluding carboxylic acids is 1. The van der Waals surface area contributed by atoms with E-state index in [1.165, 1.54) is 0 Å². The molecule has 1 aliphatic rings. The van der Waals surface area contributed by atoms with E-state index >= 15 is 0 Å². The first kappa shape index (κ1) is 16.9.